The summed E-state index contributed by atoms with van der Waals surface area (Å²) >= 11 is 0. The predicted molar refractivity (Wildman–Crippen MR) is 114 cm³/mol. The Balaban J connectivity index is 1.65. The number of nitrogens with one attached hydrogen (secondary N) is 1. The number of hydrogen-bond acceptors (Lipinski definition) is 3. The molecule has 0 saturated carbocycles. The number of carbonyl (C=O) groups excluding carboxylic acids is 2. The highest BCUT2D eigenvalue weighted by molar-refractivity contribution is 6.09. The van der Waals surface area contributed by atoms with Crippen molar-refractivity contribution in [3.63, 3.8) is 0 Å². The van der Waals surface area contributed by atoms with E-state index in [9.17, 15) is 14.0 Å². The van der Waals surface area contributed by atoms with E-state index in [1.165, 1.54) is 28.9 Å². The molecule has 2 aromatic carbocycles. The molecule has 0 radical (unpaired) electrons. The first kappa shape index (κ1) is 20.8. The highest BCUT2D eigenvalue weighted by Gasteiger charge is 2.40. The number of anilines is 2. The maximum atomic E-state index is 13.8. The zero-order valence-corrected chi connectivity index (χ0v) is 17.5. The molecule has 1 fully saturated rings. The first-order valence-electron chi connectivity index (χ1n) is 9.88. The lowest BCUT2D eigenvalue weighted by molar-refractivity contribution is -0.146. The van der Waals surface area contributed by atoms with E-state index in [1.54, 1.807) is 30.9 Å². The van der Waals surface area contributed by atoms with E-state index < -0.39 is 17.1 Å². The second kappa shape index (κ2) is 8.23. The van der Waals surface area contributed by atoms with E-state index in [2.05, 4.69) is 36.2 Å². The van der Waals surface area contributed by atoms with Crippen LogP contribution in [0.3, 0.4) is 0 Å². The van der Waals surface area contributed by atoms with Gasteiger partial charge in [0, 0.05) is 31.9 Å². The topological polar surface area (TPSA) is 52.7 Å². The zero-order valence-electron chi connectivity index (χ0n) is 17.5. The van der Waals surface area contributed by atoms with Gasteiger partial charge < -0.3 is 15.1 Å². The normalized spacial score (nSPS) is 14.7. The predicted octanol–water partition coefficient (Wildman–Crippen LogP) is 3.76. The maximum Gasteiger partial charge on any atom is 0.239 e. The van der Waals surface area contributed by atoms with Gasteiger partial charge in [0.2, 0.25) is 11.8 Å². The number of aryl methyl sites for hydroxylation is 1. The van der Waals surface area contributed by atoms with E-state index in [1.807, 2.05) is 6.07 Å². The molecule has 1 heterocycles. The number of benzene rings is 2. The molecule has 0 aromatic heterocycles. The first-order chi connectivity index (χ1) is 13.7. The van der Waals surface area contributed by atoms with Crippen molar-refractivity contribution in [3.05, 3.63) is 59.4 Å². The van der Waals surface area contributed by atoms with Crippen LogP contribution in [0.2, 0.25) is 0 Å². The van der Waals surface area contributed by atoms with Crippen molar-refractivity contribution in [2.24, 2.45) is 5.41 Å². The average molecular weight is 397 g/mol. The van der Waals surface area contributed by atoms with E-state index in [0.29, 0.717) is 26.2 Å². The van der Waals surface area contributed by atoms with Crippen LogP contribution in [0.25, 0.3) is 0 Å². The van der Waals surface area contributed by atoms with Crippen molar-refractivity contribution in [1.82, 2.24) is 4.90 Å². The van der Waals surface area contributed by atoms with E-state index in [0.717, 1.165) is 0 Å². The van der Waals surface area contributed by atoms with Crippen molar-refractivity contribution in [2.45, 2.75) is 27.7 Å². The molecule has 154 valence electrons. The van der Waals surface area contributed by atoms with Gasteiger partial charge in [0.05, 0.1) is 5.69 Å². The minimum absolute atomic E-state index is 0.0816. The fraction of sp³-hybridized carbons (Fsp3) is 0.391. The summed E-state index contributed by atoms with van der Waals surface area (Å²) in [6.45, 7) is 9.88. The van der Waals surface area contributed by atoms with Gasteiger partial charge in [-0.15, -0.1) is 0 Å². The molecule has 0 atom stereocenters. The molecule has 0 unspecified atom stereocenters. The van der Waals surface area contributed by atoms with Crippen molar-refractivity contribution in [3.8, 4) is 0 Å². The molecule has 1 N–H and O–H groups in total. The van der Waals surface area contributed by atoms with E-state index in [-0.39, 0.29) is 11.6 Å². The monoisotopic (exact) mass is 397 g/mol. The van der Waals surface area contributed by atoms with Gasteiger partial charge in [-0.25, -0.2) is 4.39 Å². The van der Waals surface area contributed by atoms with Crippen LogP contribution in [0.1, 0.15) is 25.0 Å². The smallest absolute Gasteiger partial charge is 0.239 e. The third kappa shape index (κ3) is 4.26. The summed E-state index contributed by atoms with van der Waals surface area (Å²) in [4.78, 5) is 29.8. The highest BCUT2D eigenvalue weighted by Crippen LogP contribution is 2.27. The van der Waals surface area contributed by atoms with Gasteiger partial charge in [0.15, 0.2) is 0 Å². The lowest BCUT2D eigenvalue weighted by atomic mass is 9.89. The van der Waals surface area contributed by atoms with E-state index >= 15 is 0 Å². The highest BCUT2D eigenvalue weighted by atomic mass is 19.1. The van der Waals surface area contributed by atoms with Gasteiger partial charge >= 0.3 is 0 Å². The Hall–Kier alpha value is -2.89. The van der Waals surface area contributed by atoms with Crippen LogP contribution in [0.15, 0.2) is 42.5 Å². The van der Waals surface area contributed by atoms with Crippen LogP contribution in [0.4, 0.5) is 15.8 Å². The number of nitrogens with zero attached hydrogens (tertiary/aromatic N) is 2. The molecule has 3 rings (SSSR count). The molecule has 1 saturated heterocycles. The van der Waals surface area contributed by atoms with Gasteiger partial charge in [0.25, 0.3) is 0 Å². The van der Waals surface area contributed by atoms with Crippen LogP contribution in [0, 0.1) is 25.1 Å². The SMILES string of the molecule is Cc1cccc(N2CCN(C(=O)C(C)(C)C(=O)Nc3ccccc3F)CC2)c1C. The molecule has 5 nitrogen and oxygen atoms in total. The number of hydrogen-bond donors (Lipinski definition) is 1. The summed E-state index contributed by atoms with van der Waals surface area (Å²) in [6.07, 6.45) is 0. The minimum atomic E-state index is -1.29. The Bertz CT molecular complexity index is 918. The molecular formula is C23H28FN3O2. The molecule has 2 amide bonds. The number of halogens is 1. The van der Waals surface area contributed by atoms with Gasteiger partial charge in [-0.3, -0.25) is 9.59 Å². The van der Waals surface area contributed by atoms with Crippen LogP contribution < -0.4 is 10.2 Å². The van der Waals surface area contributed by atoms with Gasteiger partial charge in [-0.2, -0.15) is 0 Å². The molecule has 0 spiro atoms. The summed E-state index contributed by atoms with van der Waals surface area (Å²) < 4.78 is 13.8. The summed E-state index contributed by atoms with van der Waals surface area (Å²) in [5.74, 6) is -1.28. The van der Waals surface area contributed by atoms with Crippen LogP contribution in [0.5, 0.6) is 0 Å². The molecule has 0 aliphatic carbocycles. The maximum absolute atomic E-state index is 13.8. The molecule has 1 aliphatic heterocycles. The summed E-state index contributed by atoms with van der Waals surface area (Å²) in [5, 5.41) is 2.55. The van der Waals surface area contributed by atoms with Crippen molar-refractivity contribution >= 4 is 23.2 Å². The Morgan fingerprint density at radius 1 is 0.966 bits per heavy atom. The Kier molecular flexibility index (Phi) is 5.91. The van der Waals surface area contributed by atoms with Gasteiger partial charge in [0.1, 0.15) is 11.2 Å². The molecule has 1 aliphatic rings. The van der Waals surface area contributed by atoms with Crippen LogP contribution in [-0.4, -0.2) is 42.9 Å². The number of rotatable bonds is 4. The average Bonchev–Trinajstić information content (AvgIpc) is 2.71. The second-order valence-electron chi connectivity index (χ2n) is 8.06. The zero-order chi connectivity index (χ0) is 21.2. The van der Waals surface area contributed by atoms with Gasteiger partial charge in [-0.05, 0) is 57.0 Å². The lowest BCUT2D eigenvalue weighted by Crippen LogP contribution is -2.54. The minimum Gasteiger partial charge on any atom is -0.368 e. The molecule has 2 aromatic rings. The molecule has 6 heteroatoms. The molecule has 0 bridgehead atoms. The third-order valence-electron chi connectivity index (χ3n) is 5.71. The quantitative estimate of drug-likeness (QED) is 0.800. The second-order valence-corrected chi connectivity index (χ2v) is 8.06. The van der Waals surface area contributed by atoms with E-state index in [4.69, 9.17) is 0 Å². The van der Waals surface area contributed by atoms with Crippen LogP contribution >= 0.6 is 0 Å². The number of amides is 2. The standard InChI is InChI=1S/C23H28FN3O2/c1-16-8-7-11-20(17(16)2)26-12-14-27(15-13-26)22(29)23(3,4)21(28)25-19-10-6-5-9-18(19)24/h5-11H,12-15H2,1-4H3,(H,25,28). The van der Waals surface area contributed by atoms with Crippen molar-refractivity contribution in [2.75, 3.05) is 36.4 Å². The fourth-order valence-electron chi connectivity index (χ4n) is 3.56. The fourth-order valence-corrected chi connectivity index (χ4v) is 3.56. The van der Waals surface area contributed by atoms with Gasteiger partial charge in [-0.1, -0.05) is 24.3 Å². The lowest BCUT2D eigenvalue weighted by Gasteiger charge is -2.39. The largest absolute Gasteiger partial charge is 0.368 e. The van der Waals surface area contributed by atoms with Crippen molar-refractivity contribution in [1.29, 1.82) is 0 Å². The Labute approximate surface area is 171 Å². The Morgan fingerprint density at radius 3 is 2.28 bits per heavy atom. The molecule has 29 heavy (non-hydrogen) atoms. The number of para-hydroxylation sites is 1. The summed E-state index contributed by atoms with van der Waals surface area (Å²) in [6, 6.07) is 12.2. The third-order valence-corrected chi connectivity index (χ3v) is 5.71. The summed E-state index contributed by atoms with van der Waals surface area (Å²) in [5.41, 5.74) is 2.47. The first-order valence-corrected chi connectivity index (χ1v) is 9.88. The Morgan fingerprint density at radius 2 is 1.62 bits per heavy atom. The summed E-state index contributed by atoms with van der Waals surface area (Å²) in [7, 11) is 0. The number of carbonyl (C=O) groups is 2. The van der Waals surface area contributed by atoms with Crippen LogP contribution in [-0.2, 0) is 9.59 Å². The molecular weight excluding hydrogens is 369 g/mol. The van der Waals surface area contributed by atoms with Crippen molar-refractivity contribution < 1.29 is 14.0 Å². The number of piperazine rings is 1.